The predicted octanol–water partition coefficient (Wildman–Crippen LogP) is 6.69. The highest BCUT2D eigenvalue weighted by molar-refractivity contribution is 7.17. The largest absolute Gasteiger partial charge is 0.503 e. The number of Topliss-reactive ketones (excluding diaryl/α,β-unsaturated/α-hetero) is 1. The van der Waals surface area contributed by atoms with Crippen LogP contribution in [0.3, 0.4) is 0 Å². The standard InChI is InChI=1S/C32H30N2O5S/c1-19(2)39-24-15-13-21(14-16-24)18-34-27(23-11-8-12-25(17-23)38-4)26(29(36)32(34)37)28(35)30-20(3)33-31(40-30)22-9-6-5-7-10-22/h5-17,19,27,36H,18H2,1-4H3. The molecule has 0 spiro atoms. The second-order valence-electron chi connectivity index (χ2n) is 9.81. The highest BCUT2D eigenvalue weighted by Crippen LogP contribution is 2.42. The average molecular weight is 555 g/mol. The van der Waals surface area contributed by atoms with Gasteiger partial charge in [0.25, 0.3) is 5.91 Å². The number of aryl methyl sites for hydroxylation is 1. The Kier molecular flexibility index (Phi) is 7.71. The molecule has 8 heteroatoms. The van der Waals surface area contributed by atoms with E-state index >= 15 is 0 Å². The molecule has 0 saturated carbocycles. The van der Waals surface area contributed by atoms with Crippen molar-refractivity contribution in [2.75, 3.05) is 7.11 Å². The van der Waals surface area contributed by atoms with Gasteiger partial charge in [0.15, 0.2) is 5.76 Å². The second kappa shape index (κ2) is 11.4. The van der Waals surface area contributed by atoms with Crippen molar-refractivity contribution in [1.29, 1.82) is 0 Å². The molecular formula is C32H30N2O5S. The number of benzene rings is 3. The van der Waals surface area contributed by atoms with Crippen LogP contribution in [0.25, 0.3) is 10.6 Å². The van der Waals surface area contributed by atoms with E-state index in [1.807, 2.05) is 74.5 Å². The second-order valence-corrected chi connectivity index (χ2v) is 10.8. The minimum Gasteiger partial charge on any atom is -0.503 e. The van der Waals surface area contributed by atoms with Crippen molar-refractivity contribution in [1.82, 2.24) is 9.88 Å². The van der Waals surface area contributed by atoms with Crippen molar-refractivity contribution >= 4 is 23.0 Å². The van der Waals surface area contributed by atoms with E-state index in [0.717, 1.165) is 16.9 Å². The van der Waals surface area contributed by atoms with E-state index in [4.69, 9.17) is 9.47 Å². The van der Waals surface area contributed by atoms with Crippen LogP contribution >= 0.6 is 11.3 Å². The first-order valence-electron chi connectivity index (χ1n) is 13.0. The number of nitrogens with zero attached hydrogens (tertiary/aromatic N) is 2. The van der Waals surface area contributed by atoms with Crippen LogP contribution in [0, 0.1) is 6.92 Å². The Labute approximate surface area is 237 Å². The summed E-state index contributed by atoms with van der Waals surface area (Å²) in [6.07, 6.45) is 0.0378. The first-order chi connectivity index (χ1) is 19.3. The normalized spacial score (nSPS) is 15.2. The topological polar surface area (TPSA) is 89.0 Å². The molecule has 1 atom stereocenters. The predicted molar refractivity (Wildman–Crippen MR) is 155 cm³/mol. The van der Waals surface area contributed by atoms with Crippen LogP contribution in [0.4, 0.5) is 0 Å². The molecule has 7 nitrogen and oxygen atoms in total. The van der Waals surface area contributed by atoms with E-state index < -0.39 is 23.5 Å². The summed E-state index contributed by atoms with van der Waals surface area (Å²) in [5.41, 5.74) is 2.96. The first-order valence-corrected chi connectivity index (χ1v) is 13.8. The number of methoxy groups -OCH3 is 1. The summed E-state index contributed by atoms with van der Waals surface area (Å²) in [4.78, 5) is 34.1. The summed E-state index contributed by atoms with van der Waals surface area (Å²) in [6, 6.07) is 23.5. The number of amides is 1. The number of carbonyl (C=O) groups excluding carboxylic acids is 2. The Morgan fingerprint density at radius 3 is 2.42 bits per heavy atom. The number of thiazole rings is 1. The molecule has 0 radical (unpaired) electrons. The zero-order valence-corrected chi connectivity index (χ0v) is 23.6. The summed E-state index contributed by atoms with van der Waals surface area (Å²) >= 11 is 1.25. The minimum atomic E-state index is -0.816. The first kappa shape index (κ1) is 27.1. The number of rotatable bonds is 9. The van der Waals surface area contributed by atoms with E-state index in [-0.39, 0.29) is 18.2 Å². The summed E-state index contributed by atoms with van der Waals surface area (Å²) in [6.45, 7) is 5.86. The number of aromatic nitrogens is 1. The van der Waals surface area contributed by atoms with Gasteiger partial charge >= 0.3 is 0 Å². The Hall–Kier alpha value is -4.43. The molecule has 3 aromatic carbocycles. The van der Waals surface area contributed by atoms with Gasteiger partial charge in [-0.25, -0.2) is 4.98 Å². The Morgan fingerprint density at radius 1 is 1.02 bits per heavy atom. The smallest absolute Gasteiger partial charge is 0.290 e. The molecule has 2 heterocycles. The number of aliphatic hydroxyl groups is 1. The van der Waals surface area contributed by atoms with Crippen molar-refractivity contribution in [3.8, 4) is 22.1 Å². The molecule has 5 rings (SSSR count). The lowest BCUT2D eigenvalue weighted by atomic mass is 9.94. The van der Waals surface area contributed by atoms with E-state index in [0.29, 0.717) is 26.9 Å². The van der Waals surface area contributed by atoms with Crippen LogP contribution in [0.15, 0.2) is 90.2 Å². The zero-order chi connectivity index (χ0) is 28.4. The summed E-state index contributed by atoms with van der Waals surface area (Å²) < 4.78 is 11.2. The number of hydrogen-bond acceptors (Lipinski definition) is 7. The van der Waals surface area contributed by atoms with Gasteiger partial charge in [-0.05, 0) is 56.2 Å². The van der Waals surface area contributed by atoms with Crippen LogP contribution < -0.4 is 9.47 Å². The van der Waals surface area contributed by atoms with Crippen LogP contribution in [-0.4, -0.2) is 39.9 Å². The molecule has 1 N–H and O–H groups in total. The monoisotopic (exact) mass is 554 g/mol. The van der Waals surface area contributed by atoms with Gasteiger partial charge in [-0.3, -0.25) is 9.59 Å². The number of aliphatic hydroxyl groups excluding tert-OH is 1. The number of hydrogen-bond donors (Lipinski definition) is 1. The van der Waals surface area contributed by atoms with E-state index in [1.54, 1.807) is 32.2 Å². The van der Waals surface area contributed by atoms with Gasteiger partial charge in [0, 0.05) is 12.1 Å². The van der Waals surface area contributed by atoms with E-state index in [9.17, 15) is 14.7 Å². The third kappa shape index (κ3) is 5.35. The molecule has 1 aliphatic rings. The van der Waals surface area contributed by atoms with Crippen molar-refractivity contribution in [3.05, 3.63) is 112 Å². The molecular weight excluding hydrogens is 524 g/mol. The lowest BCUT2D eigenvalue weighted by Crippen LogP contribution is -2.30. The van der Waals surface area contributed by atoms with Gasteiger partial charge in [-0.2, -0.15) is 0 Å². The summed E-state index contributed by atoms with van der Waals surface area (Å²) in [5.74, 6) is -0.268. The highest BCUT2D eigenvalue weighted by Gasteiger charge is 2.44. The number of ketones is 1. The minimum absolute atomic E-state index is 0.0318. The molecule has 0 aliphatic carbocycles. The fourth-order valence-electron chi connectivity index (χ4n) is 4.78. The quantitative estimate of drug-likeness (QED) is 0.232. The molecule has 4 aromatic rings. The van der Waals surface area contributed by atoms with Crippen LogP contribution in [-0.2, 0) is 11.3 Å². The van der Waals surface area contributed by atoms with Crippen LogP contribution in [0.1, 0.15) is 46.4 Å². The number of carbonyl (C=O) groups is 2. The summed E-state index contributed by atoms with van der Waals surface area (Å²) in [5, 5.41) is 11.9. The molecule has 1 amide bonds. The van der Waals surface area contributed by atoms with Crippen LogP contribution in [0.5, 0.6) is 11.5 Å². The van der Waals surface area contributed by atoms with Crippen molar-refractivity contribution < 1.29 is 24.2 Å². The average Bonchev–Trinajstić information content (AvgIpc) is 3.47. The van der Waals surface area contributed by atoms with Gasteiger partial charge in [0.1, 0.15) is 16.5 Å². The van der Waals surface area contributed by atoms with Crippen molar-refractivity contribution in [2.24, 2.45) is 0 Å². The maximum absolute atomic E-state index is 14.1. The molecule has 0 saturated heterocycles. The van der Waals surface area contributed by atoms with Gasteiger partial charge in [-0.15, -0.1) is 11.3 Å². The van der Waals surface area contributed by atoms with Gasteiger partial charge in [0.05, 0.1) is 35.4 Å². The maximum Gasteiger partial charge on any atom is 0.290 e. The lowest BCUT2D eigenvalue weighted by Gasteiger charge is -2.27. The van der Waals surface area contributed by atoms with Crippen LogP contribution in [0.2, 0.25) is 0 Å². The fraction of sp³-hybridized carbons (Fsp3) is 0.219. The van der Waals surface area contributed by atoms with Crippen molar-refractivity contribution in [2.45, 2.75) is 39.5 Å². The Bertz CT molecular complexity index is 1570. The molecule has 0 fully saturated rings. The van der Waals surface area contributed by atoms with Gasteiger partial charge in [-0.1, -0.05) is 54.6 Å². The molecule has 204 valence electrons. The molecule has 0 bridgehead atoms. The van der Waals surface area contributed by atoms with E-state index in [1.165, 1.54) is 16.2 Å². The van der Waals surface area contributed by atoms with Gasteiger partial charge < -0.3 is 19.5 Å². The third-order valence-electron chi connectivity index (χ3n) is 6.63. The fourth-order valence-corrected chi connectivity index (χ4v) is 5.81. The maximum atomic E-state index is 14.1. The number of ether oxygens (including phenoxy) is 2. The molecule has 1 aromatic heterocycles. The SMILES string of the molecule is COc1cccc(C2C(C(=O)c3sc(-c4ccccc4)nc3C)=C(O)C(=O)N2Cc2ccc(OC(C)C)cc2)c1. The zero-order valence-electron chi connectivity index (χ0n) is 22.8. The molecule has 1 aliphatic heterocycles. The van der Waals surface area contributed by atoms with Gasteiger partial charge in [0.2, 0.25) is 5.78 Å². The third-order valence-corrected chi connectivity index (χ3v) is 7.83. The molecule has 40 heavy (non-hydrogen) atoms. The Morgan fingerprint density at radius 2 is 1.75 bits per heavy atom. The summed E-state index contributed by atoms with van der Waals surface area (Å²) in [7, 11) is 1.56. The highest BCUT2D eigenvalue weighted by atomic mass is 32.1. The molecule has 1 unspecified atom stereocenters. The van der Waals surface area contributed by atoms with E-state index in [2.05, 4.69) is 4.98 Å². The lowest BCUT2D eigenvalue weighted by molar-refractivity contribution is -0.130. The Balaban J connectivity index is 1.54. The van der Waals surface area contributed by atoms with Crippen molar-refractivity contribution in [3.63, 3.8) is 0 Å².